The maximum Gasteiger partial charge on any atom is 0.325 e. The Morgan fingerprint density at radius 3 is 2.57 bits per heavy atom. The lowest BCUT2D eigenvalue weighted by molar-refractivity contribution is -0.119. The molecule has 13 heteroatoms. The van der Waals surface area contributed by atoms with E-state index in [2.05, 4.69) is 16.0 Å². The number of nitrogens with one attached hydrogen (secondary N) is 3. The van der Waals surface area contributed by atoms with Gasteiger partial charge in [0.1, 0.15) is 34.4 Å². The summed E-state index contributed by atoms with van der Waals surface area (Å²) in [7, 11) is 1.48. The van der Waals surface area contributed by atoms with E-state index in [4.69, 9.17) is 14.1 Å². The zero-order chi connectivity index (χ0) is 32.8. The van der Waals surface area contributed by atoms with Gasteiger partial charge < -0.3 is 24.4 Å². The van der Waals surface area contributed by atoms with Crippen LogP contribution in [0.5, 0.6) is 5.75 Å². The number of rotatable bonds is 6. The maximum absolute atomic E-state index is 14.7. The lowest BCUT2D eigenvalue weighted by Crippen LogP contribution is -2.34. The van der Waals surface area contributed by atoms with Crippen molar-refractivity contribution in [2.45, 2.75) is 13.2 Å². The predicted octanol–water partition coefficient (Wildman–Crippen LogP) is 7.24. The molecule has 0 aliphatic carbocycles. The van der Waals surface area contributed by atoms with Gasteiger partial charge in [0.25, 0.3) is 5.91 Å². The van der Waals surface area contributed by atoms with E-state index >= 15 is 0 Å². The summed E-state index contributed by atoms with van der Waals surface area (Å²) < 4.78 is 43.0. The number of carbonyl (C=O) groups is 3. The SMILES string of the molecule is CNC(=O)c1c(-c2ccc(F)cc2)oc2cc(NC(=O)NC(=O)CCI)c(-c3ccc4c(n3)-c3cc5c(F)cccc5n3CO4)cc12. The van der Waals surface area contributed by atoms with E-state index < -0.39 is 23.7 Å². The molecule has 0 spiro atoms. The van der Waals surface area contributed by atoms with E-state index in [1.807, 2.05) is 27.2 Å². The Kier molecular flexibility index (Phi) is 7.83. The molecular weight excluding hydrogens is 723 g/mol. The number of ether oxygens (including phenoxy) is 1. The van der Waals surface area contributed by atoms with Gasteiger partial charge in [-0.15, -0.1) is 0 Å². The molecule has 0 bridgehead atoms. The van der Waals surface area contributed by atoms with Crippen molar-refractivity contribution in [3.05, 3.63) is 90.0 Å². The van der Waals surface area contributed by atoms with E-state index in [0.29, 0.717) is 54.7 Å². The van der Waals surface area contributed by atoms with Gasteiger partial charge in [-0.1, -0.05) is 28.7 Å². The van der Waals surface area contributed by atoms with Crippen LogP contribution in [-0.2, 0) is 11.5 Å². The summed E-state index contributed by atoms with van der Waals surface area (Å²) in [6, 6.07) is 17.9. The van der Waals surface area contributed by atoms with Crippen LogP contribution in [0.2, 0.25) is 0 Å². The van der Waals surface area contributed by atoms with Crippen LogP contribution in [0.4, 0.5) is 19.3 Å². The fourth-order valence-corrected chi connectivity index (χ4v) is 6.15. The largest absolute Gasteiger partial charge is 0.470 e. The topological polar surface area (TPSA) is 127 Å². The molecule has 0 unspecified atom stereocenters. The third-order valence-electron chi connectivity index (χ3n) is 7.83. The van der Waals surface area contributed by atoms with Gasteiger partial charge in [0.05, 0.1) is 28.2 Å². The monoisotopic (exact) mass is 747 g/mol. The zero-order valence-electron chi connectivity index (χ0n) is 24.6. The van der Waals surface area contributed by atoms with Crippen LogP contribution in [0.1, 0.15) is 16.8 Å². The number of imide groups is 1. The van der Waals surface area contributed by atoms with Crippen LogP contribution in [0, 0.1) is 11.6 Å². The third-order valence-corrected chi connectivity index (χ3v) is 8.37. The minimum absolute atomic E-state index is 0.148. The van der Waals surface area contributed by atoms with E-state index in [1.165, 1.54) is 43.4 Å². The summed E-state index contributed by atoms with van der Waals surface area (Å²) in [5, 5.41) is 8.49. The number of pyridine rings is 1. The van der Waals surface area contributed by atoms with Gasteiger partial charge in [0, 0.05) is 45.9 Å². The lowest BCUT2D eigenvalue weighted by atomic mass is 10.0. The molecule has 4 amide bonds. The molecule has 0 radical (unpaired) electrons. The highest BCUT2D eigenvalue weighted by molar-refractivity contribution is 14.1. The van der Waals surface area contributed by atoms with Crippen molar-refractivity contribution in [1.82, 2.24) is 20.2 Å². The van der Waals surface area contributed by atoms with Crippen molar-refractivity contribution >= 4 is 68.0 Å². The Hall–Kier alpha value is -5.31. The van der Waals surface area contributed by atoms with E-state index in [0.717, 1.165) is 0 Å². The highest BCUT2D eigenvalue weighted by Crippen LogP contribution is 2.42. The van der Waals surface area contributed by atoms with Crippen LogP contribution in [0.15, 0.2) is 77.2 Å². The Morgan fingerprint density at radius 2 is 1.81 bits per heavy atom. The van der Waals surface area contributed by atoms with Crippen LogP contribution in [-0.4, -0.2) is 38.9 Å². The Bertz CT molecular complexity index is 2250. The van der Waals surface area contributed by atoms with Crippen LogP contribution in [0.25, 0.3) is 55.8 Å². The first-order valence-electron chi connectivity index (χ1n) is 14.4. The number of amides is 4. The molecule has 3 aromatic heterocycles. The van der Waals surface area contributed by atoms with Crippen molar-refractivity contribution in [3.63, 3.8) is 0 Å². The fraction of sp³-hybridized carbons (Fsp3) is 0.118. The molecule has 6 aromatic rings. The van der Waals surface area contributed by atoms with Crippen LogP contribution in [0.3, 0.4) is 0 Å². The predicted molar refractivity (Wildman–Crippen MR) is 180 cm³/mol. The zero-order valence-corrected chi connectivity index (χ0v) is 26.8. The Labute approximate surface area is 279 Å². The van der Waals surface area contributed by atoms with Gasteiger partial charge in [0.2, 0.25) is 5.91 Å². The average Bonchev–Trinajstić information content (AvgIpc) is 3.63. The molecule has 0 saturated heterocycles. The summed E-state index contributed by atoms with van der Waals surface area (Å²) in [4.78, 5) is 43.3. The number of benzene rings is 3. The number of halogens is 3. The molecule has 1 aliphatic heterocycles. The van der Waals surface area contributed by atoms with Crippen molar-refractivity contribution in [2.75, 3.05) is 16.8 Å². The molecule has 3 N–H and O–H groups in total. The van der Waals surface area contributed by atoms with Crippen LogP contribution < -0.4 is 20.7 Å². The van der Waals surface area contributed by atoms with Crippen molar-refractivity contribution in [2.24, 2.45) is 0 Å². The summed E-state index contributed by atoms with van der Waals surface area (Å²) in [6.45, 7) is 0.164. The summed E-state index contributed by atoms with van der Waals surface area (Å²) in [5.74, 6) is -1.05. The van der Waals surface area contributed by atoms with Gasteiger partial charge in [-0.3, -0.25) is 14.9 Å². The first kappa shape index (κ1) is 30.3. The first-order chi connectivity index (χ1) is 22.7. The highest BCUT2D eigenvalue weighted by Gasteiger charge is 2.27. The molecule has 4 heterocycles. The number of carbonyl (C=O) groups excluding carboxylic acids is 3. The van der Waals surface area contributed by atoms with Gasteiger partial charge in [0.15, 0.2) is 6.73 Å². The lowest BCUT2D eigenvalue weighted by Gasteiger charge is -2.21. The second-order valence-corrected chi connectivity index (χ2v) is 11.8. The summed E-state index contributed by atoms with van der Waals surface area (Å²) in [6.07, 6.45) is 0.148. The number of fused-ring (bicyclic) bond motifs is 6. The smallest absolute Gasteiger partial charge is 0.325 e. The number of hydrogen-bond acceptors (Lipinski definition) is 6. The quantitative estimate of drug-likeness (QED) is 0.122. The van der Waals surface area contributed by atoms with Crippen molar-refractivity contribution < 1.29 is 32.3 Å². The van der Waals surface area contributed by atoms with E-state index in [9.17, 15) is 23.2 Å². The Balaban J connectivity index is 1.42. The molecule has 0 atom stereocenters. The summed E-state index contributed by atoms with van der Waals surface area (Å²) >= 11 is 2.04. The molecule has 0 fully saturated rings. The third kappa shape index (κ3) is 5.45. The molecule has 0 saturated carbocycles. The number of urea groups is 1. The number of aromatic nitrogens is 2. The molecule has 47 heavy (non-hydrogen) atoms. The maximum atomic E-state index is 14.7. The number of anilines is 1. The first-order valence-corrected chi connectivity index (χ1v) is 16.0. The van der Waals surface area contributed by atoms with Gasteiger partial charge >= 0.3 is 6.03 Å². The second kappa shape index (κ2) is 12.1. The minimum Gasteiger partial charge on any atom is -0.470 e. The summed E-state index contributed by atoms with van der Waals surface area (Å²) in [5.41, 5.74) is 3.65. The highest BCUT2D eigenvalue weighted by atomic mass is 127. The normalized spacial score (nSPS) is 11.9. The Morgan fingerprint density at radius 1 is 1.00 bits per heavy atom. The number of nitrogens with zero attached hydrogens (tertiary/aromatic N) is 2. The molecule has 10 nitrogen and oxygen atoms in total. The molecule has 236 valence electrons. The average molecular weight is 747 g/mol. The fourth-order valence-electron chi connectivity index (χ4n) is 5.66. The molecule has 1 aliphatic rings. The van der Waals surface area contributed by atoms with E-state index in [1.54, 1.807) is 36.4 Å². The molecular formula is C34H24F2IN5O5. The van der Waals surface area contributed by atoms with Gasteiger partial charge in [-0.2, -0.15) is 0 Å². The van der Waals surface area contributed by atoms with E-state index in [-0.39, 0.29) is 41.6 Å². The standard InChI is InChI=1S/C34H24F2IN5O5/c1-38-33(44)30-21-13-20(23-9-10-27-31(39-23)26-14-19-22(36)3-2-4-25(19)42(26)16-46-27)24(40-34(45)41-29(43)11-12-37)15-28(21)47-32(30)17-5-7-18(35)8-6-17/h2-10,13-15H,11-12,16H2,1H3,(H,38,44)(H2,40,41,43,45). The van der Waals surface area contributed by atoms with Crippen LogP contribution >= 0.6 is 22.6 Å². The number of hydrogen-bond donors (Lipinski definition) is 3. The van der Waals surface area contributed by atoms with Gasteiger partial charge in [-0.25, -0.2) is 18.6 Å². The minimum atomic E-state index is -0.769. The number of furan rings is 1. The molecule has 3 aromatic carbocycles. The molecule has 7 rings (SSSR count). The van der Waals surface area contributed by atoms with Crippen molar-refractivity contribution in [1.29, 1.82) is 0 Å². The van der Waals surface area contributed by atoms with Gasteiger partial charge in [-0.05, 0) is 60.7 Å². The van der Waals surface area contributed by atoms with Crippen molar-refractivity contribution in [3.8, 4) is 39.7 Å². The second-order valence-electron chi connectivity index (χ2n) is 10.7. The number of alkyl halides is 1.